The van der Waals surface area contributed by atoms with Gasteiger partial charge in [0, 0.05) is 36.6 Å². The Labute approximate surface area is 110 Å². The fraction of sp³-hybridized carbons (Fsp3) is 0.600. The van der Waals surface area contributed by atoms with E-state index < -0.39 is 0 Å². The highest BCUT2D eigenvalue weighted by Crippen LogP contribution is 2.33. The van der Waals surface area contributed by atoms with Crippen LogP contribution in [0.15, 0.2) is 18.2 Å². The van der Waals surface area contributed by atoms with Crippen molar-refractivity contribution in [3.8, 4) is 5.75 Å². The Hall–Kier alpha value is -1.38. The maximum absolute atomic E-state index is 5.96. The highest BCUT2D eigenvalue weighted by molar-refractivity contribution is 5.60. The average molecular weight is 248 g/mol. The molecule has 1 heterocycles. The van der Waals surface area contributed by atoms with Crippen LogP contribution in [0.4, 0.5) is 11.4 Å². The highest BCUT2D eigenvalue weighted by Gasteiger charge is 2.26. The molecule has 1 aliphatic heterocycles. The van der Waals surface area contributed by atoms with E-state index in [-0.39, 0.29) is 0 Å². The number of nitrogens with two attached hydrogens (primary N) is 1. The lowest BCUT2D eigenvalue weighted by Crippen LogP contribution is -2.40. The van der Waals surface area contributed by atoms with E-state index in [0.717, 1.165) is 24.5 Å². The molecule has 0 aromatic heterocycles. The molecule has 3 nitrogen and oxygen atoms in total. The molecule has 2 N–H and O–H groups in total. The van der Waals surface area contributed by atoms with Crippen LogP contribution < -0.4 is 15.4 Å². The van der Waals surface area contributed by atoms with Crippen molar-refractivity contribution in [1.29, 1.82) is 0 Å². The second kappa shape index (κ2) is 5.09. The van der Waals surface area contributed by atoms with Gasteiger partial charge in [-0.25, -0.2) is 0 Å². The second-order valence-electron chi connectivity index (χ2n) is 5.88. The number of nitrogen functional groups attached to an aromatic ring is 1. The van der Waals surface area contributed by atoms with Crippen molar-refractivity contribution in [1.82, 2.24) is 0 Å². The van der Waals surface area contributed by atoms with E-state index >= 15 is 0 Å². The van der Waals surface area contributed by atoms with Gasteiger partial charge in [0.15, 0.2) is 0 Å². The SMILES string of the molecule is CCOc1cc(N)cc(N2CCCC(C)(C)C2)c1. The monoisotopic (exact) mass is 248 g/mol. The van der Waals surface area contributed by atoms with Gasteiger partial charge >= 0.3 is 0 Å². The first-order chi connectivity index (χ1) is 8.50. The largest absolute Gasteiger partial charge is 0.494 e. The van der Waals surface area contributed by atoms with Crippen molar-refractivity contribution < 1.29 is 4.74 Å². The zero-order valence-corrected chi connectivity index (χ0v) is 11.7. The molecule has 1 saturated heterocycles. The van der Waals surface area contributed by atoms with Gasteiger partial charge in [-0.1, -0.05) is 13.8 Å². The third kappa shape index (κ3) is 3.09. The highest BCUT2D eigenvalue weighted by atomic mass is 16.5. The van der Waals surface area contributed by atoms with Gasteiger partial charge in [-0.2, -0.15) is 0 Å². The van der Waals surface area contributed by atoms with Gasteiger partial charge in [0.05, 0.1) is 6.61 Å². The van der Waals surface area contributed by atoms with Crippen LogP contribution in [0.3, 0.4) is 0 Å². The summed E-state index contributed by atoms with van der Waals surface area (Å²) in [6.07, 6.45) is 2.54. The summed E-state index contributed by atoms with van der Waals surface area (Å²) in [6.45, 7) is 9.52. The lowest BCUT2D eigenvalue weighted by molar-refractivity contribution is 0.292. The molecule has 1 aromatic rings. The van der Waals surface area contributed by atoms with Gasteiger partial charge in [0.1, 0.15) is 5.75 Å². The number of piperidine rings is 1. The molecule has 0 radical (unpaired) electrons. The average Bonchev–Trinajstić information content (AvgIpc) is 2.27. The topological polar surface area (TPSA) is 38.5 Å². The number of anilines is 2. The molecule has 0 bridgehead atoms. The number of hydrogen-bond donors (Lipinski definition) is 1. The lowest BCUT2D eigenvalue weighted by atomic mass is 9.84. The van der Waals surface area contributed by atoms with Crippen LogP contribution in [-0.2, 0) is 0 Å². The summed E-state index contributed by atoms with van der Waals surface area (Å²) in [5.41, 5.74) is 8.30. The first kappa shape index (κ1) is 13.1. The molecule has 3 heteroatoms. The van der Waals surface area contributed by atoms with Crippen molar-refractivity contribution in [2.75, 3.05) is 30.3 Å². The second-order valence-corrected chi connectivity index (χ2v) is 5.88. The molecule has 0 aliphatic carbocycles. The molecular formula is C15H24N2O. The van der Waals surface area contributed by atoms with E-state index in [1.54, 1.807) is 0 Å². The smallest absolute Gasteiger partial charge is 0.123 e. The minimum atomic E-state index is 0.384. The van der Waals surface area contributed by atoms with Gasteiger partial charge < -0.3 is 15.4 Å². The number of benzene rings is 1. The van der Waals surface area contributed by atoms with Crippen LogP contribution >= 0.6 is 0 Å². The number of nitrogens with zero attached hydrogens (tertiary/aromatic N) is 1. The first-order valence-electron chi connectivity index (χ1n) is 6.78. The van der Waals surface area contributed by atoms with Crippen LogP contribution in [0.25, 0.3) is 0 Å². The Bertz CT molecular complexity index is 415. The summed E-state index contributed by atoms with van der Waals surface area (Å²) in [5, 5.41) is 0. The molecule has 0 saturated carbocycles. The van der Waals surface area contributed by atoms with E-state index in [0.29, 0.717) is 12.0 Å². The summed E-state index contributed by atoms with van der Waals surface area (Å²) in [6, 6.07) is 6.03. The molecule has 1 aromatic carbocycles. The molecule has 0 amide bonds. The Morgan fingerprint density at radius 2 is 2.11 bits per heavy atom. The Morgan fingerprint density at radius 3 is 2.78 bits per heavy atom. The van der Waals surface area contributed by atoms with Crippen molar-refractivity contribution in [2.45, 2.75) is 33.6 Å². The summed E-state index contributed by atoms with van der Waals surface area (Å²) >= 11 is 0. The zero-order valence-electron chi connectivity index (χ0n) is 11.7. The molecular weight excluding hydrogens is 224 g/mol. The Morgan fingerprint density at radius 1 is 1.33 bits per heavy atom. The predicted molar refractivity (Wildman–Crippen MR) is 77.3 cm³/mol. The van der Waals surface area contributed by atoms with Crippen LogP contribution in [0.2, 0.25) is 0 Å². The Balaban J connectivity index is 2.21. The minimum Gasteiger partial charge on any atom is -0.494 e. The molecule has 0 atom stereocenters. The predicted octanol–water partition coefficient (Wildman–Crippen LogP) is 3.29. The molecule has 18 heavy (non-hydrogen) atoms. The van der Waals surface area contributed by atoms with E-state index in [9.17, 15) is 0 Å². The third-order valence-corrected chi connectivity index (χ3v) is 3.49. The van der Waals surface area contributed by atoms with Crippen LogP contribution in [0.1, 0.15) is 33.6 Å². The summed E-state index contributed by atoms with van der Waals surface area (Å²) in [4.78, 5) is 2.42. The summed E-state index contributed by atoms with van der Waals surface area (Å²) in [5.74, 6) is 0.871. The third-order valence-electron chi connectivity index (χ3n) is 3.49. The first-order valence-corrected chi connectivity index (χ1v) is 6.78. The lowest BCUT2D eigenvalue weighted by Gasteiger charge is -2.39. The van der Waals surface area contributed by atoms with Gasteiger partial charge in [-0.05, 0) is 31.2 Å². The maximum atomic E-state index is 5.96. The number of rotatable bonds is 3. The van der Waals surface area contributed by atoms with E-state index in [1.807, 2.05) is 19.1 Å². The van der Waals surface area contributed by atoms with Crippen molar-refractivity contribution in [3.63, 3.8) is 0 Å². The molecule has 0 unspecified atom stereocenters. The Kier molecular flexibility index (Phi) is 3.69. The van der Waals surface area contributed by atoms with E-state index in [4.69, 9.17) is 10.5 Å². The van der Waals surface area contributed by atoms with E-state index in [2.05, 4.69) is 24.8 Å². The number of hydrogen-bond acceptors (Lipinski definition) is 3. The van der Waals surface area contributed by atoms with Crippen LogP contribution in [-0.4, -0.2) is 19.7 Å². The molecule has 100 valence electrons. The molecule has 1 fully saturated rings. The van der Waals surface area contributed by atoms with Crippen molar-refractivity contribution in [3.05, 3.63) is 18.2 Å². The van der Waals surface area contributed by atoms with Gasteiger partial charge in [0.2, 0.25) is 0 Å². The van der Waals surface area contributed by atoms with Crippen LogP contribution in [0, 0.1) is 5.41 Å². The van der Waals surface area contributed by atoms with Crippen LogP contribution in [0.5, 0.6) is 5.75 Å². The van der Waals surface area contributed by atoms with Gasteiger partial charge in [0.25, 0.3) is 0 Å². The molecule has 0 spiro atoms. The van der Waals surface area contributed by atoms with Crippen molar-refractivity contribution >= 4 is 11.4 Å². The molecule has 2 rings (SSSR count). The standard InChI is InChI=1S/C15H24N2O/c1-4-18-14-9-12(16)8-13(10-14)17-7-5-6-15(2,3)11-17/h8-10H,4-7,11,16H2,1-3H3. The van der Waals surface area contributed by atoms with E-state index in [1.165, 1.54) is 18.5 Å². The van der Waals surface area contributed by atoms with Gasteiger partial charge in [-0.3, -0.25) is 0 Å². The maximum Gasteiger partial charge on any atom is 0.123 e. The van der Waals surface area contributed by atoms with Crippen molar-refractivity contribution in [2.24, 2.45) is 5.41 Å². The normalized spacial score (nSPS) is 18.7. The van der Waals surface area contributed by atoms with Gasteiger partial charge in [-0.15, -0.1) is 0 Å². The summed E-state index contributed by atoms with van der Waals surface area (Å²) < 4.78 is 5.56. The fourth-order valence-corrected chi connectivity index (χ4v) is 2.68. The number of ether oxygens (including phenoxy) is 1. The zero-order chi connectivity index (χ0) is 13.2. The minimum absolute atomic E-state index is 0.384. The quantitative estimate of drug-likeness (QED) is 0.834. The molecule has 1 aliphatic rings. The summed E-state index contributed by atoms with van der Waals surface area (Å²) in [7, 11) is 0. The fourth-order valence-electron chi connectivity index (χ4n) is 2.68.